The molecule has 0 saturated carbocycles. The Bertz CT molecular complexity index is 498. The smallest absolute Gasteiger partial charge is 0.244 e. The highest BCUT2D eigenvalue weighted by Gasteiger charge is 2.34. The van der Waals surface area contributed by atoms with Gasteiger partial charge in [-0.3, -0.25) is 4.79 Å². The molecular formula is C16H22N2O. The third-order valence-corrected chi connectivity index (χ3v) is 4.42. The van der Waals surface area contributed by atoms with Crippen molar-refractivity contribution in [3.05, 3.63) is 29.3 Å². The molecule has 1 saturated heterocycles. The van der Waals surface area contributed by atoms with Gasteiger partial charge in [-0.2, -0.15) is 0 Å². The number of anilines is 1. The van der Waals surface area contributed by atoms with Crippen molar-refractivity contribution >= 4 is 11.6 Å². The molecule has 1 aromatic rings. The van der Waals surface area contributed by atoms with E-state index in [0.29, 0.717) is 5.92 Å². The molecule has 3 rings (SSSR count). The Labute approximate surface area is 115 Å². The van der Waals surface area contributed by atoms with Crippen LogP contribution in [0.5, 0.6) is 0 Å². The highest BCUT2D eigenvalue weighted by atomic mass is 16.2. The third-order valence-electron chi connectivity index (χ3n) is 4.42. The molecule has 2 aliphatic heterocycles. The molecule has 102 valence electrons. The van der Waals surface area contributed by atoms with E-state index in [4.69, 9.17) is 0 Å². The van der Waals surface area contributed by atoms with Gasteiger partial charge in [0.1, 0.15) is 0 Å². The lowest BCUT2D eigenvalue weighted by Crippen LogP contribution is -2.47. The van der Waals surface area contributed by atoms with Crippen molar-refractivity contribution in [3.63, 3.8) is 0 Å². The number of benzene rings is 1. The van der Waals surface area contributed by atoms with Crippen LogP contribution in [0.1, 0.15) is 30.9 Å². The summed E-state index contributed by atoms with van der Waals surface area (Å²) in [4.78, 5) is 14.7. The van der Waals surface area contributed by atoms with E-state index in [9.17, 15) is 4.79 Å². The van der Waals surface area contributed by atoms with Crippen molar-refractivity contribution in [1.29, 1.82) is 0 Å². The van der Waals surface area contributed by atoms with Gasteiger partial charge in [0.05, 0.1) is 6.04 Å². The SMILES string of the molecule is Cc1ccc2c(c1)CCCN2C(=O)C1NCCC1C. The molecule has 2 aliphatic rings. The van der Waals surface area contributed by atoms with E-state index in [1.165, 1.54) is 11.1 Å². The average Bonchev–Trinajstić information content (AvgIpc) is 2.83. The highest BCUT2D eigenvalue weighted by Crippen LogP contribution is 2.30. The number of carbonyl (C=O) groups is 1. The minimum Gasteiger partial charge on any atom is -0.311 e. The molecule has 1 N–H and O–H groups in total. The van der Waals surface area contributed by atoms with Crippen molar-refractivity contribution in [1.82, 2.24) is 5.32 Å². The lowest BCUT2D eigenvalue weighted by molar-refractivity contribution is -0.121. The van der Waals surface area contributed by atoms with Crippen LogP contribution >= 0.6 is 0 Å². The minimum absolute atomic E-state index is 0.00672. The van der Waals surface area contributed by atoms with Gasteiger partial charge in [0.15, 0.2) is 0 Å². The van der Waals surface area contributed by atoms with Crippen molar-refractivity contribution in [2.45, 2.75) is 39.2 Å². The van der Waals surface area contributed by atoms with Gasteiger partial charge < -0.3 is 10.2 Å². The summed E-state index contributed by atoms with van der Waals surface area (Å²) in [7, 11) is 0. The summed E-state index contributed by atoms with van der Waals surface area (Å²) in [5, 5.41) is 3.35. The fourth-order valence-electron chi connectivity index (χ4n) is 3.29. The van der Waals surface area contributed by atoms with Gasteiger partial charge in [0.25, 0.3) is 0 Å². The predicted molar refractivity (Wildman–Crippen MR) is 77.4 cm³/mol. The zero-order chi connectivity index (χ0) is 13.4. The third kappa shape index (κ3) is 2.27. The molecule has 1 fully saturated rings. The summed E-state index contributed by atoms with van der Waals surface area (Å²) in [6, 6.07) is 6.45. The summed E-state index contributed by atoms with van der Waals surface area (Å²) in [5.41, 5.74) is 3.73. The number of rotatable bonds is 1. The Balaban J connectivity index is 1.89. The maximum Gasteiger partial charge on any atom is 0.244 e. The van der Waals surface area contributed by atoms with Gasteiger partial charge in [0, 0.05) is 12.2 Å². The van der Waals surface area contributed by atoms with E-state index >= 15 is 0 Å². The number of nitrogens with zero attached hydrogens (tertiary/aromatic N) is 1. The summed E-state index contributed by atoms with van der Waals surface area (Å²) in [6.45, 7) is 6.11. The molecule has 0 spiro atoms. The number of aryl methyl sites for hydroxylation is 2. The molecular weight excluding hydrogens is 236 g/mol. The molecule has 0 aliphatic carbocycles. The fraction of sp³-hybridized carbons (Fsp3) is 0.562. The van der Waals surface area contributed by atoms with Crippen LogP contribution in [0.2, 0.25) is 0 Å². The van der Waals surface area contributed by atoms with Crippen LogP contribution in [-0.4, -0.2) is 25.0 Å². The van der Waals surface area contributed by atoms with E-state index < -0.39 is 0 Å². The molecule has 3 heteroatoms. The highest BCUT2D eigenvalue weighted by molar-refractivity contribution is 5.98. The second-order valence-electron chi connectivity index (χ2n) is 5.92. The maximum atomic E-state index is 12.7. The van der Waals surface area contributed by atoms with Gasteiger partial charge in [-0.05, 0) is 50.3 Å². The monoisotopic (exact) mass is 258 g/mol. The lowest BCUT2D eigenvalue weighted by Gasteiger charge is -2.32. The quantitative estimate of drug-likeness (QED) is 0.838. The molecule has 2 heterocycles. The Morgan fingerprint density at radius 2 is 2.26 bits per heavy atom. The summed E-state index contributed by atoms with van der Waals surface area (Å²) in [6.07, 6.45) is 3.27. The fourth-order valence-corrected chi connectivity index (χ4v) is 3.29. The number of hydrogen-bond donors (Lipinski definition) is 1. The zero-order valence-electron chi connectivity index (χ0n) is 11.8. The molecule has 1 aromatic carbocycles. The van der Waals surface area contributed by atoms with Crippen molar-refractivity contribution in [2.24, 2.45) is 5.92 Å². The summed E-state index contributed by atoms with van der Waals surface area (Å²) in [5.74, 6) is 0.707. The predicted octanol–water partition coefficient (Wildman–Crippen LogP) is 2.27. The van der Waals surface area contributed by atoms with E-state index in [1.807, 2.05) is 4.90 Å². The maximum absolute atomic E-state index is 12.7. The first-order valence-electron chi connectivity index (χ1n) is 7.31. The van der Waals surface area contributed by atoms with Crippen LogP contribution in [-0.2, 0) is 11.2 Å². The minimum atomic E-state index is 0.00672. The number of hydrogen-bond acceptors (Lipinski definition) is 2. The van der Waals surface area contributed by atoms with E-state index in [-0.39, 0.29) is 11.9 Å². The number of fused-ring (bicyclic) bond motifs is 1. The van der Waals surface area contributed by atoms with Crippen LogP contribution in [0.3, 0.4) is 0 Å². The first-order valence-corrected chi connectivity index (χ1v) is 7.31. The molecule has 1 amide bonds. The molecule has 2 unspecified atom stereocenters. The number of amides is 1. The van der Waals surface area contributed by atoms with Gasteiger partial charge in [-0.25, -0.2) is 0 Å². The van der Waals surface area contributed by atoms with Crippen molar-refractivity contribution < 1.29 is 4.79 Å². The molecule has 19 heavy (non-hydrogen) atoms. The molecule has 0 aromatic heterocycles. The van der Waals surface area contributed by atoms with Crippen LogP contribution in [0, 0.1) is 12.8 Å². The lowest BCUT2D eigenvalue weighted by atomic mass is 9.97. The largest absolute Gasteiger partial charge is 0.311 e. The molecule has 0 bridgehead atoms. The normalized spacial score (nSPS) is 26.3. The van der Waals surface area contributed by atoms with Crippen molar-refractivity contribution in [3.8, 4) is 0 Å². The summed E-state index contributed by atoms with van der Waals surface area (Å²) < 4.78 is 0. The first kappa shape index (κ1) is 12.7. The second-order valence-corrected chi connectivity index (χ2v) is 5.92. The molecule has 0 radical (unpaired) electrons. The number of carbonyl (C=O) groups excluding carboxylic acids is 1. The van der Waals surface area contributed by atoms with Gasteiger partial charge >= 0.3 is 0 Å². The topological polar surface area (TPSA) is 32.3 Å². The Morgan fingerprint density at radius 3 is 3.00 bits per heavy atom. The number of nitrogens with one attached hydrogen (secondary N) is 1. The second kappa shape index (κ2) is 4.97. The van der Waals surface area contributed by atoms with Gasteiger partial charge in [-0.15, -0.1) is 0 Å². The van der Waals surface area contributed by atoms with Crippen molar-refractivity contribution in [2.75, 3.05) is 18.0 Å². The zero-order valence-corrected chi connectivity index (χ0v) is 11.8. The van der Waals surface area contributed by atoms with Crippen LogP contribution in [0.15, 0.2) is 18.2 Å². The van der Waals surface area contributed by atoms with Crippen LogP contribution < -0.4 is 10.2 Å². The Morgan fingerprint density at radius 1 is 1.42 bits per heavy atom. The van der Waals surface area contributed by atoms with E-state index in [1.54, 1.807) is 0 Å². The van der Waals surface area contributed by atoms with E-state index in [0.717, 1.165) is 38.0 Å². The van der Waals surface area contributed by atoms with Gasteiger partial charge in [0.2, 0.25) is 5.91 Å². The van der Waals surface area contributed by atoms with Gasteiger partial charge in [-0.1, -0.05) is 24.6 Å². The first-order chi connectivity index (χ1) is 9.16. The molecule has 3 nitrogen and oxygen atoms in total. The van der Waals surface area contributed by atoms with Crippen LogP contribution in [0.25, 0.3) is 0 Å². The average molecular weight is 258 g/mol. The van der Waals surface area contributed by atoms with Crippen LogP contribution in [0.4, 0.5) is 5.69 Å². The summed E-state index contributed by atoms with van der Waals surface area (Å²) >= 11 is 0. The Hall–Kier alpha value is -1.35. The standard InChI is InChI=1S/C16H22N2O/c1-11-5-6-14-13(10-11)4-3-9-18(14)16(19)15-12(2)7-8-17-15/h5-6,10,12,15,17H,3-4,7-9H2,1-2H3. The van der Waals surface area contributed by atoms with E-state index in [2.05, 4.69) is 37.4 Å². The molecule has 2 atom stereocenters. The Kier molecular flexibility index (Phi) is 3.31.